The normalized spacial score (nSPS) is 13.5. The van der Waals surface area contributed by atoms with Crippen LogP contribution in [0.4, 0.5) is 5.69 Å². The molecule has 1 aliphatic heterocycles. The van der Waals surface area contributed by atoms with Crippen LogP contribution in [0.1, 0.15) is 24.2 Å². The van der Waals surface area contributed by atoms with Gasteiger partial charge in [0.1, 0.15) is 5.82 Å². The van der Waals surface area contributed by atoms with Gasteiger partial charge in [-0.05, 0) is 37.1 Å². The molecule has 0 unspecified atom stereocenters. The van der Waals surface area contributed by atoms with Gasteiger partial charge in [0.05, 0.1) is 11.2 Å². The van der Waals surface area contributed by atoms with Gasteiger partial charge in [0.25, 0.3) is 0 Å². The molecule has 0 atom stereocenters. The minimum Gasteiger partial charge on any atom is -0.334 e. The second-order valence-corrected chi connectivity index (χ2v) is 7.52. The molecule has 0 saturated carbocycles. The maximum atomic E-state index is 12.4. The summed E-state index contributed by atoms with van der Waals surface area (Å²) in [6.45, 7) is 1.05. The highest BCUT2D eigenvalue weighted by Gasteiger charge is 2.13. The van der Waals surface area contributed by atoms with E-state index in [9.17, 15) is 4.79 Å². The second kappa shape index (κ2) is 7.95. The molecule has 1 aliphatic rings. The van der Waals surface area contributed by atoms with E-state index < -0.39 is 0 Å². The molecule has 3 heterocycles. The number of nitrogens with zero attached hydrogens (tertiary/aromatic N) is 3. The highest BCUT2D eigenvalue weighted by molar-refractivity contribution is 6.03. The SMILES string of the molecule is O=C(C=Cc1cccc2cccnc12)Nc1ccc(-c2cn3c(n2)CCCC3)cc1. The molecule has 30 heavy (non-hydrogen) atoms. The molecule has 0 radical (unpaired) electrons. The summed E-state index contributed by atoms with van der Waals surface area (Å²) in [5.74, 6) is 0.995. The number of rotatable bonds is 4. The first-order valence-electron chi connectivity index (χ1n) is 10.3. The zero-order valence-electron chi connectivity index (χ0n) is 16.6. The molecule has 0 fully saturated rings. The number of hydrogen-bond acceptors (Lipinski definition) is 3. The highest BCUT2D eigenvalue weighted by Crippen LogP contribution is 2.24. The van der Waals surface area contributed by atoms with Crippen molar-refractivity contribution in [2.75, 3.05) is 5.32 Å². The third-order valence-corrected chi connectivity index (χ3v) is 5.43. The van der Waals surface area contributed by atoms with E-state index in [0.29, 0.717) is 0 Å². The zero-order chi connectivity index (χ0) is 20.3. The Morgan fingerprint density at radius 1 is 1.03 bits per heavy atom. The van der Waals surface area contributed by atoms with Gasteiger partial charge in [-0.2, -0.15) is 0 Å². The van der Waals surface area contributed by atoms with Crippen molar-refractivity contribution >= 4 is 28.6 Å². The van der Waals surface area contributed by atoms with E-state index in [1.807, 2.05) is 54.6 Å². The van der Waals surface area contributed by atoms with Crippen LogP contribution in [0.3, 0.4) is 0 Å². The van der Waals surface area contributed by atoms with Crippen molar-refractivity contribution in [3.8, 4) is 11.3 Å². The summed E-state index contributed by atoms with van der Waals surface area (Å²) >= 11 is 0. The number of para-hydroxylation sites is 1. The van der Waals surface area contributed by atoms with E-state index in [1.165, 1.54) is 18.7 Å². The molecule has 5 heteroatoms. The Morgan fingerprint density at radius 3 is 2.77 bits per heavy atom. The molecule has 5 nitrogen and oxygen atoms in total. The standard InChI is InChI=1S/C25H22N4O/c30-24(14-11-20-6-3-5-19-7-4-15-26-25(19)20)27-21-12-9-18(10-13-21)22-17-29-16-2-1-8-23(29)28-22/h3-7,9-15,17H,1-2,8,16H2,(H,27,30). The van der Waals surface area contributed by atoms with Crippen LogP contribution in [0.2, 0.25) is 0 Å². The highest BCUT2D eigenvalue weighted by atomic mass is 16.1. The van der Waals surface area contributed by atoms with Crippen molar-refractivity contribution in [2.24, 2.45) is 0 Å². The fourth-order valence-corrected chi connectivity index (χ4v) is 3.89. The summed E-state index contributed by atoms with van der Waals surface area (Å²) in [4.78, 5) is 21.5. The number of imidazole rings is 1. The van der Waals surface area contributed by atoms with Gasteiger partial charge in [-0.15, -0.1) is 0 Å². The van der Waals surface area contributed by atoms with Crippen molar-refractivity contribution < 1.29 is 4.79 Å². The largest absolute Gasteiger partial charge is 0.334 e. The Labute approximate surface area is 175 Å². The summed E-state index contributed by atoms with van der Waals surface area (Å²) in [6, 6.07) is 17.7. The lowest BCUT2D eigenvalue weighted by Crippen LogP contribution is -2.08. The van der Waals surface area contributed by atoms with Gasteiger partial charge in [0.15, 0.2) is 0 Å². The van der Waals surface area contributed by atoms with E-state index in [0.717, 1.165) is 46.4 Å². The van der Waals surface area contributed by atoms with Crippen molar-refractivity contribution in [1.29, 1.82) is 0 Å². The first kappa shape index (κ1) is 18.3. The third-order valence-electron chi connectivity index (χ3n) is 5.43. The number of pyridine rings is 1. The second-order valence-electron chi connectivity index (χ2n) is 7.52. The van der Waals surface area contributed by atoms with Crippen LogP contribution in [0.15, 0.2) is 73.1 Å². The van der Waals surface area contributed by atoms with Gasteiger partial charge >= 0.3 is 0 Å². The van der Waals surface area contributed by atoms with Crippen molar-refractivity contribution in [3.63, 3.8) is 0 Å². The van der Waals surface area contributed by atoms with E-state index in [2.05, 4.69) is 21.1 Å². The fraction of sp³-hybridized carbons (Fsp3) is 0.160. The summed E-state index contributed by atoms with van der Waals surface area (Å²) in [7, 11) is 0. The van der Waals surface area contributed by atoms with Gasteiger partial charge < -0.3 is 9.88 Å². The molecular weight excluding hydrogens is 372 g/mol. The molecule has 2 aromatic carbocycles. The Morgan fingerprint density at radius 2 is 1.90 bits per heavy atom. The molecule has 5 rings (SSSR count). The summed E-state index contributed by atoms with van der Waals surface area (Å²) < 4.78 is 2.25. The lowest BCUT2D eigenvalue weighted by molar-refractivity contribution is -0.111. The molecule has 1 amide bonds. The predicted molar refractivity (Wildman–Crippen MR) is 120 cm³/mol. The number of fused-ring (bicyclic) bond motifs is 2. The monoisotopic (exact) mass is 394 g/mol. The molecule has 148 valence electrons. The Bertz CT molecular complexity index is 1210. The number of anilines is 1. The van der Waals surface area contributed by atoms with Crippen molar-refractivity contribution in [2.45, 2.75) is 25.8 Å². The number of aromatic nitrogens is 3. The minimum absolute atomic E-state index is 0.173. The first-order valence-corrected chi connectivity index (χ1v) is 10.3. The molecule has 0 spiro atoms. The Kier molecular flexibility index (Phi) is 4.85. The number of aryl methyl sites for hydroxylation is 2. The molecule has 1 N–H and O–H groups in total. The lowest BCUT2D eigenvalue weighted by Gasteiger charge is -2.11. The van der Waals surface area contributed by atoms with Crippen molar-refractivity contribution in [3.05, 3.63) is 84.5 Å². The van der Waals surface area contributed by atoms with Crippen LogP contribution in [0.25, 0.3) is 28.2 Å². The average Bonchev–Trinajstić information content (AvgIpc) is 3.22. The summed E-state index contributed by atoms with van der Waals surface area (Å²) in [6.07, 6.45) is 10.7. The van der Waals surface area contributed by atoms with Crippen molar-refractivity contribution in [1.82, 2.24) is 14.5 Å². The zero-order valence-corrected chi connectivity index (χ0v) is 16.6. The molecule has 0 aliphatic carbocycles. The van der Waals surface area contributed by atoms with Gasteiger partial charge in [-0.25, -0.2) is 4.98 Å². The molecule has 2 aromatic heterocycles. The maximum absolute atomic E-state index is 12.4. The Hall–Kier alpha value is -3.73. The number of carbonyl (C=O) groups excluding carboxylic acids is 1. The summed E-state index contributed by atoms with van der Waals surface area (Å²) in [5, 5.41) is 3.97. The number of amides is 1. The molecule has 4 aromatic rings. The van der Waals surface area contributed by atoms with E-state index in [-0.39, 0.29) is 5.91 Å². The number of carbonyl (C=O) groups is 1. The first-order chi connectivity index (χ1) is 14.8. The molecular formula is C25H22N4O. The topological polar surface area (TPSA) is 59.8 Å². The Balaban J connectivity index is 1.28. The van der Waals surface area contributed by atoms with Crippen LogP contribution in [0, 0.1) is 0 Å². The van der Waals surface area contributed by atoms with Gasteiger partial charge in [0.2, 0.25) is 5.91 Å². The molecule has 0 bridgehead atoms. The minimum atomic E-state index is -0.173. The average molecular weight is 394 g/mol. The van der Waals surface area contributed by atoms with Crippen LogP contribution in [0.5, 0.6) is 0 Å². The summed E-state index contributed by atoms with van der Waals surface area (Å²) in [5.41, 5.74) is 4.62. The number of nitrogens with one attached hydrogen (secondary N) is 1. The lowest BCUT2D eigenvalue weighted by atomic mass is 10.1. The van der Waals surface area contributed by atoms with Gasteiger partial charge in [-0.1, -0.05) is 36.4 Å². The maximum Gasteiger partial charge on any atom is 0.248 e. The van der Waals surface area contributed by atoms with Gasteiger partial charge in [-0.3, -0.25) is 9.78 Å². The van der Waals surface area contributed by atoms with Crippen LogP contribution >= 0.6 is 0 Å². The van der Waals surface area contributed by atoms with Crippen LogP contribution in [-0.4, -0.2) is 20.4 Å². The molecule has 0 saturated heterocycles. The third kappa shape index (κ3) is 3.74. The van der Waals surface area contributed by atoms with E-state index in [4.69, 9.17) is 4.98 Å². The van der Waals surface area contributed by atoms with E-state index in [1.54, 1.807) is 18.3 Å². The predicted octanol–water partition coefficient (Wildman–Crippen LogP) is 5.09. The number of hydrogen-bond donors (Lipinski definition) is 1. The quantitative estimate of drug-likeness (QED) is 0.491. The van der Waals surface area contributed by atoms with Gasteiger partial charge in [0, 0.05) is 53.6 Å². The van der Waals surface area contributed by atoms with Crippen LogP contribution in [-0.2, 0) is 17.8 Å². The smallest absolute Gasteiger partial charge is 0.248 e. The number of benzene rings is 2. The van der Waals surface area contributed by atoms with Crippen LogP contribution < -0.4 is 5.32 Å². The van der Waals surface area contributed by atoms with E-state index >= 15 is 0 Å². The fourth-order valence-electron chi connectivity index (χ4n) is 3.89.